The number of aryl methyl sites for hydroxylation is 1. The van der Waals surface area contributed by atoms with Gasteiger partial charge in [-0.15, -0.1) is 0 Å². The van der Waals surface area contributed by atoms with E-state index in [1.807, 2.05) is 6.20 Å². The molecule has 0 bridgehead atoms. The van der Waals surface area contributed by atoms with E-state index >= 15 is 0 Å². The lowest BCUT2D eigenvalue weighted by atomic mass is 9.74. The minimum absolute atomic E-state index is 0.279. The van der Waals surface area contributed by atoms with Gasteiger partial charge < -0.3 is 10.3 Å². The van der Waals surface area contributed by atoms with Crippen LogP contribution in [0.15, 0.2) is 12.4 Å². The van der Waals surface area contributed by atoms with Crippen LogP contribution in [0, 0.1) is 17.8 Å². The SMILES string of the molecule is CCCn1ccnc1CC(N)C1CCC(C(C)C)CC1. The number of nitrogens with two attached hydrogens (primary N) is 1. The molecule has 0 saturated heterocycles. The zero-order valence-corrected chi connectivity index (χ0v) is 13.4. The van der Waals surface area contributed by atoms with Crippen molar-refractivity contribution in [3.63, 3.8) is 0 Å². The Bertz CT molecular complexity index is 389. The van der Waals surface area contributed by atoms with Crippen LogP contribution in [0.25, 0.3) is 0 Å². The highest BCUT2D eigenvalue weighted by molar-refractivity contribution is 4.97. The highest BCUT2D eigenvalue weighted by Crippen LogP contribution is 2.34. The maximum Gasteiger partial charge on any atom is 0.110 e. The Morgan fingerprint density at radius 1 is 1.25 bits per heavy atom. The predicted molar refractivity (Wildman–Crippen MR) is 84.5 cm³/mol. The lowest BCUT2D eigenvalue weighted by Gasteiger charge is -2.33. The number of nitrogens with zero attached hydrogens (tertiary/aromatic N) is 2. The van der Waals surface area contributed by atoms with Crippen molar-refractivity contribution in [3.8, 4) is 0 Å². The molecule has 1 aromatic rings. The van der Waals surface area contributed by atoms with Crippen molar-refractivity contribution in [3.05, 3.63) is 18.2 Å². The molecule has 0 amide bonds. The zero-order valence-electron chi connectivity index (χ0n) is 13.4. The summed E-state index contributed by atoms with van der Waals surface area (Å²) in [5.41, 5.74) is 6.47. The molecule has 1 aromatic heterocycles. The quantitative estimate of drug-likeness (QED) is 0.863. The third kappa shape index (κ3) is 3.85. The number of hydrogen-bond donors (Lipinski definition) is 1. The molecule has 2 N–H and O–H groups in total. The van der Waals surface area contributed by atoms with E-state index in [1.54, 1.807) is 0 Å². The molecule has 20 heavy (non-hydrogen) atoms. The summed E-state index contributed by atoms with van der Waals surface area (Å²) in [4.78, 5) is 4.50. The van der Waals surface area contributed by atoms with Crippen molar-refractivity contribution in [1.29, 1.82) is 0 Å². The molecule has 1 fully saturated rings. The summed E-state index contributed by atoms with van der Waals surface area (Å²) in [5.74, 6) is 3.61. The second-order valence-electron chi connectivity index (χ2n) is 6.82. The molecule has 3 heteroatoms. The lowest BCUT2D eigenvalue weighted by Crippen LogP contribution is -2.36. The van der Waals surface area contributed by atoms with Crippen LogP contribution in [0.3, 0.4) is 0 Å². The van der Waals surface area contributed by atoms with Crippen molar-refractivity contribution in [2.75, 3.05) is 0 Å². The predicted octanol–water partition coefficient (Wildman–Crippen LogP) is 3.63. The molecule has 1 saturated carbocycles. The molecule has 1 atom stereocenters. The zero-order chi connectivity index (χ0) is 14.5. The van der Waals surface area contributed by atoms with Crippen molar-refractivity contribution in [1.82, 2.24) is 9.55 Å². The fourth-order valence-electron chi connectivity index (χ4n) is 3.59. The van der Waals surface area contributed by atoms with E-state index < -0.39 is 0 Å². The molecule has 1 unspecified atom stereocenters. The highest BCUT2D eigenvalue weighted by atomic mass is 15.1. The van der Waals surface area contributed by atoms with Gasteiger partial charge >= 0.3 is 0 Å². The maximum atomic E-state index is 6.47. The van der Waals surface area contributed by atoms with Gasteiger partial charge in [-0.1, -0.05) is 20.8 Å². The van der Waals surface area contributed by atoms with Crippen molar-refractivity contribution in [2.45, 2.75) is 71.9 Å². The van der Waals surface area contributed by atoms with Gasteiger partial charge in [0.15, 0.2) is 0 Å². The van der Waals surface area contributed by atoms with Crippen molar-refractivity contribution < 1.29 is 0 Å². The van der Waals surface area contributed by atoms with Crippen LogP contribution < -0.4 is 5.73 Å². The lowest BCUT2D eigenvalue weighted by molar-refractivity contribution is 0.201. The molecule has 2 rings (SSSR count). The third-order valence-corrected chi connectivity index (χ3v) is 5.05. The average molecular weight is 277 g/mol. The molecule has 0 aliphatic heterocycles. The van der Waals surface area contributed by atoms with Crippen LogP contribution in [-0.4, -0.2) is 15.6 Å². The summed E-state index contributed by atoms with van der Waals surface area (Å²) < 4.78 is 2.26. The Morgan fingerprint density at radius 2 is 1.90 bits per heavy atom. The topological polar surface area (TPSA) is 43.8 Å². The van der Waals surface area contributed by atoms with E-state index in [0.29, 0.717) is 5.92 Å². The van der Waals surface area contributed by atoms with Crippen LogP contribution in [0.1, 0.15) is 58.7 Å². The third-order valence-electron chi connectivity index (χ3n) is 5.05. The van der Waals surface area contributed by atoms with Gasteiger partial charge in [0.05, 0.1) is 0 Å². The van der Waals surface area contributed by atoms with Crippen LogP contribution in [-0.2, 0) is 13.0 Å². The Labute approximate surface area is 124 Å². The average Bonchev–Trinajstić information content (AvgIpc) is 2.86. The first-order valence-corrected chi connectivity index (χ1v) is 8.37. The number of aromatic nitrogens is 2. The first-order chi connectivity index (χ1) is 9.61. The highest BCUT2D eigenvalue weighted by Gasteiger charge is 2.27. The molecular weight excluding hydrogens is 246 g/mol. The van der Waals surface area contributed by atoms with Gasteiger partial charge in [-0.25, -0.2) is 4.98 Å². The summed E-state index contributed by atoms with van der Waals surface area (Å²) in [6.07, 6.45) is 11.4. The van der Waals surface area contributed by atoms with Crippen LogP contribution >= 0.6 is 0 Å². The summed E-state index contributed by atoms with van der Waals surface area (Å²) >= 11 is 0. The number of imidazole rings is 1. The minimum Gasteiger partial charge on any atom is -0.335 e. The molecule has 1 aliphatic carbocycles. The Balaban J connectivity index is 1.86. The van der Waals surface area contributed by atoms with Gasteiger partial charge in [-0.3, -0.25) is 0 Å². The standard InChI is InChI=1S/C17H31N3/c1-4-10-20-11-9-19-17(20)12-16(18)15-7-5-14(6-8-15)13(2)3/h9,11,13-16H,4-8,10,12,18H2,1-3H3. The van der Waals surface area contributed by atoms with E-state index in [0.717, 1.165) is 31.2 Å². The van der Waals surface area contributed by atoms with E-state index in [-0.39, 0.29) is 6.04 Å². The molecule has 114 valence electrons. The fraction of sp³-hybridized carbons (Fsp3) is 0.824. The van der Waals surface area contributed by atoms with E-state index in [1.165, 1.54) is 31.5 Å². The Kier molecular flexibility index (Phi) is 5.64. The van der Waals surface area contributed by atoms with Gasteiger partial charge in [-0.2, -0.15) is 0 Å². The summed E-state index contributed by atoms with van der Waals surface area (Å²) in [7, 11) is 0. The summed E-state index contributed by atoms with van der Waals surface area (Å²) in [5, 5.41) is 0. The normalized spacial score (nSPS) is 25.1. The van der Waals surface area contributed by atoms with Crippen LogP contribution in [0.4, 0.5) is 0 Å². The largest absolute Gasteiger partial charge is 0.335 e. The van der Waals surface area contributed by atoms with Crippen molar-refractivity contribution >= 4 is 0 Å². The van der Waals surface area contributed by atoms with Gasteiger partial charge in [0.1, 0.15) is 5.82 Å². The van der Waals surface area contributed by atoms with E-state index in [2.05, 4.69) is 36.5 Å². The molecule has 1 aliphatic rings. The first-order valence-electron chi connectivity index (χ1n) is 8.37. The maximum absolute atomic E-state index is 6.47. The monoisotopic (exact) mass is 277 g/mol. The minimum atomic E-state index is 0.279. The van der Waals surface area contributed by atoms with Gasteiger partial charge in [-0.05, 0) is 49.9 Å². The number of hydrogen-bond acceptors (Lipinski definition) is 2. The number of rotatable bonds is 6. The second-order valence-corrected chi connectivity index (χ2v) is 6.82. The van der Waals surface area contributed by atoms with E-state index in [4.69, 9.17) is 5.73 Å². The molecule has 3 nitrogen and oxygen atoms in total. The van der Waals surface area contributed by atoms with Crippen molar-refractivity contribution in [2.24, 2.45) is 23.5 Å². The summed E-state index contributed by atoms with van der Waals surface area (Å²) in [6.45, 7) is 7.97. The fourth-order valence-corrected chi connectivity index (χ4v) is 3.59. The van der Waals surface area contributed by atoms with Crippen LogP contribution in [0.5, 0.6) is 0 Å². The van der Waals surface area contributed by atoms with E-state index in [9.17, 15) is 0 Å². The first kappa shape index (κ1) is 15.6. The van der Waals surface area contributed by atoms with Gasteiger partial charge in [0.25, 0.3) is 0 Å². The smallest absolute Gasteiger partial charge is 0.110 e. The van der Waals surface area contributed by atoms with Crippen LogP contribution in [0.2, 0.25) is 0 Å². The molecule has 1 heterocycles. The molecule has 0 radical (unpaired) electrons. The molecule has 0 aromatic carbocycles. The Morgan fingerprint density at radius 3 is 2.50 bits per heavy atom. The second kappa shape index (κ2) is 7.26. The van der Waals surface area contributed by atoms with Gasteiger partial charge in [0.2, 0.25) is 0 Å². The molecular formula is C17H31N3. The summed E-state index contributed by atoms with van der Waals surface area (Å²) in [6, 6.07) is 0.279. The molecule has 0 spiro atoms. The Hall–Kier alpha value is -0.830. The van der Waals surface area contributed by atoms with Gasteiger partial charge in [0, 0.05) is 31.4 Å².